The molecule has 1 amide bonds. The summed E-state index contributed by atoms with van der Waals surface area (Å²) in [6.07, 6.45) is 3.66. The standard InChI is InChI=1S/C23H32FN3O3/c1-3-30-22(29)26-10-6-19(7-11-26)25-12-8-23(9-13-25)16-27(15-17(2)28)21-5-4-18(24)14-20(21)23/h4-5,14,19H,3,6-13,15-16H2,1-2H3. The van der Waals surface area contributed by atoms with Gasteiger partial charge >= 0.3 is 6.09 Å². The average molecular weight is 418 g/mol. The van der Waals surface area contributed by atoms with Gasteiger partial charge in [-0.3, -0.25) is 4.79 Å². The smallest absolute Gasteiger partial charge is 0.409 e. The Balaban J connectivity index is 1.40. The van der Waals surface area contributed by atoms with Gasteiger partial charge in [0.2, 0.25) is 0 Å². The van der Waals surface area contributed by atoms with E-state index >= 15 is 0 Å². The molecule has 164 valence electrons. The van der Waals surface area contributed by atoms with Crippen LogP contribution in [0.5, 0.6) is 0 Å². The monoisotopic (exact) mass is 417 g/mol. The predicted molar refractivity (Wildman–Crippen MR) is 113 cm³/mol. The number of ether oxygens (including phenoxy) is 1. The van der Waals surface area contributed by atoms with Crippen molar-refractivity contribution in [1.82, 2.24) is 9.80 Å². The Hall–Kier alpha value is -2.15. The molecule has 1 spiro atoms. The molecule has 0 saturated carbocycles. The molecule has 3 aliphatic heterocycles. The predicted octanol–water partition coefficient (Wildman–Crippen LogP) is 3.19. The number of anilines is 1. The third-order valence-corrected chi connectivity index (χ3v) is 7.04. The van der Waals surface area contributed by atoms with Crippen molar-refractivity contribution in [3.05, 3.63) is 29.6 Å². The second kappa shape index (κ2) is 8.53. The molecule has 0 unspecified atom stereocenters. The van der Waals surface area contributed by atoms with Crippen LogP contribution in [0.25, 0.3) is 0 Å². The van der Waals surface area contributed by atoms with Crippen LogP contribution < -0.4 is 4.90 Å². The topological polar surface area (TPSA) is 53.1 Å². The van der Waals surface area contributed by atoms with E-state index in [4.69, 9.17) is 4.74 Å². The molecule has 0 aliphatic carbocycles. The summed E-state index contributed by atoms with van der Waals surface area (Å²) in [5.74, 6) is -0.0697. The van der Waals surface area contributed by atoms with Gasteiger partial charge in [-0.05, 0) is 76.4 Å². The van der Waals surface area contributed by atoms with Crippen LogP contribution in [0, 0.1) is 5.82 Å². The highest BCUT2D eigenvalue weighted by Gasteiger charge is 2.46. The van der Waals surface area contributed by atoms with Gasteiger partial charge in [0.25, 0.3) is 0 Å². The number of nitrogens with zero attached hydrogens (tertiary/aromatic N) is 3. The van der Waals surface area contributed by atoms with E-state index in [0.29, 0.717) is 19.2 Å². The lowest BCUT2D eigenvalue weighted by atomic mass is 9.74. The van der Waals surface area contributed by atoms with E-state index in [1.165, 1.54) is 6.07 Å². The van der Waals surface area contributed by atoms with E-state index in [-0.39, 0.29) is 23.1 Å². The number of carbonyl (C=O) groups is 2. The van der Waals surface area contributed by atoms with E-state index < -0.39 is 0 Å². The van der Waals surface area contributed by atoms with Gasteiger partial charge in [-0.2, -0.15) is 0 Å². The van der Waals surface area contributed by atoms with Crippen molar-refractivity contribution >= 4 is 17.6 Å². The maximum atomic E-state index is 14.1. The van der Waals surface area contributed by atoms with Crippen LogP contribution in [0.2, 0.25) is 0 Å². The van der Waals surface area contributed by atoms with Crippen molar-refractivity contribution in [2.75, 3.05) is 50.8 Å². The molecule has 3 heterocycles. The third kappa shape index (κ3) is 4.04. The van der Waals surface area contributed by atoms with Crippen LogP contribution in [-0.4, -0.2) is 73.6 Å². The summed E-state index contributed by atoms with van der Waals surface area (Å²) in [4.78, 5) is 30.2. The van der Waals surface area contributed by atoms with Crippen LogP contribution in [0.15, 0.2) is 18.2 Å². The Labute approximate surface area is 177 Å². The molecule has 30 heavy (non-hydrogen) atoms. The summed E-state index contributed by atoms with van der Waals surface area (Å²) >= 11 is 0. The van der Waals surface area contributed by atoms with E-state index in [1.54, 1.807) is 17.9 Å². The minimum Gasteiger partial charge on any atom is -0.450 e. The molecular weight excluding hydrogens is 385 g/mol. The molecule has 2 saturated heterocycles. The van der Waals surface area contributed by atoms with Gasteiger partial charge in [-0.25, -0.2) is 9.18 Å². The number of Topliss-reactive ketones (excluding diaryl/α,β-unsaturated/α-hetero) is 1. The van der Waals surface area contributed by atoms with E-state index in [1.807, 2.05) is 13.0 Å². The van der Waals surface area contributed by atoms with Gasteiger partial charge < -0.3 is 19.4 Å². The first-order valence-electron chi connectivity index (χ1n) is 11.1. The number of halogens is 1. The zero-order valence-electron chi connectivity index (χ0n) is 18.0. The van der Waals surface area contributed by atoms with Gasteiger partial charge in [0.1, 0.15) is 11.6 Å². The number of likely N-dealkylation sites (tertiary alicyclic amines) is 2. The molecule has 3 aliphatic rings. The van der Waals surface area contributed by atoms with Crippen molar-refractivity contribution in [3.8, 4) is 0 Å². The second-order valence-electron chi connectivity index (χ2n) is 8.95. The molecule has 2 fully saturated rings. The molecule has 0 aromatic heterocycles. The van der Waals surface area contributed by atoms with Crippen molar-refractivity contribution in [2.45, 2.75) is 51.0 Å². The van der Waals surface area contributed by atoms with E-state index in [0.717, 1.165) is 69.7 Å². The second-order valence-corrected chi connectivity index (χ2v) is 8.95. The number of hydrogen-bond donors (Lipinski definition) is 0. The van der Waals surface area contributed by atoms with Gasteiger partial charge in [-0.15, -0.1) is 0 Å². The van der Waals surface area contributed by atoms with Gasteiger partial charge in [0, 0.05) is 36.8 Å². The minimum absolute atomic E-state index is 0.0744. The summed E-state index contributed by atoms with van der Waals surface area (Å²) in [5.41, 5.74) is 2.01. The SMILES string of the molecule is CCOC(=O)N1CCC(N2CCC3(CC2)CN(CC(C)=O)c2ccc(F)cc23)CC1. The molecule has 6 nitrogen and oxygen atoms in total. The lowest BCUT2D eigenvalue weighted by Crippen LogP contribution is -2.52. The Morgan fingerprint density at radius 1 is 1.17 bits per heavy atom. The fraction of sp³-hybridized carbons (Fsp3) is 0.652. The molecule has 7 heteroatoms. The number of amides is 1. The van der Waals surface area contributed by atoms with Gasteiger partial charge in [-0.1, -0.05) is 0 Å². The van der Waals surface area contributed by atoms with E-state index in [9.17, 15) is 14.0 Å². The zero-order chi connectivity index (χ0) is 21.3. The zero-order valence-corrected chi connectivity index (χ0v) is 18.0. The maximum absolute atomic E-state index is 14.1. The number of carbonyl (C=O) groups excluding carboxylic acids is 2. The quantitative estimate of drug-likeness (QED) is 0.753. The first-order chi connectivity index (χ1) is 14.4. The lowest BCUT2D eigenvalue weighted by molar-refractivity contribution is -0.115. The molecule has 0 bridgehead atoms. The summed E-state index contributed by atoms with van der Waals surface area (Å²) in [6, 6.07) is 5.50. The molecule has 1 aromatic rings. The first kappa shape index (κ1) is 21.1. The molecular formula is C23H32FN3O3. The number of fused-ring (bicyclic) bond motifs is 2. The Bertz CT molecular complexity index is 799. The van der Waals surface area contributed by atoms with Crippen LogP contribution in [0.4, 0.5) is 14.9 Å². The van der Waals surface area contributed by atoms with Crippen molar-refractivity contribution in [3.63, 3.8) is 0 Å². The van der Waals surface area contributed by atoms with Gasteiger partial charge in [0.05, 0.1) is 13.2 Å². The average Bonchev–Trinajstić information content (AvgIpc) is 3.00. The summed E-state index contributed by atoms with van der Waals surface area (Å²) in [7, 11) is 0. The maximum Gasteiger partial charge on any atom is 0.409 e. The molecule has 4 rings (SSSR count). The largest absolute Gasteiger partial charge is 0.450 e. The Morgan fingerprint density at radius 3 is 2.50 bits per heavy atom. The van der Waals surface area contributed by atoms with Gasteiger partial charge in [0.15, 0.2) is 0 Å². The Kier molecular flexibility index (Phi) is 6.00. The fourth-order valence-electron chi connectivity index (χ4n) is 5.53. The van der Waals surface area contributed by atoms with Crippen molar-refractivity contribution < 1.29 is 18.7 Å². The van der Waals surface area contributed by atoms with Crippen molar-refractivity contribution in [2.24, 2.45) is 0 Å². The molecule has 0 N–H and O–H groups in total. The lowest BCUT2D eigenvalue weighted by Gasteiger charge is -2.45. The van der Waals surface area contributed by atoms with Crippen LogP contribution in [-0.2, 0) is 14.9 Å². The summed E-state index contributed by atoms with van der Waals surface area (Å²) in [5, 5.41) is 0. The number of piperidine rings is 2. The van der Waals surface area contributed by atoms with E-state index in [2.05, 4.69) is 9.80 Å². The highest BCUT2D eigenvalue weighted by atomic mass is 19.1. The first-order valence-corrected chi connectivity index (χ1v) is 11.1. The summed E-state index contributed by atoms with van der Waals surface area (Å²) < 4.78 is 19.2. The molecule has 1 aromatic carbocycles. The van der Waals surface area contributed by atoms with Crippen LogP contribution >= 0.6 is 0 Å². The minimum atomic E-state index is -0.205. The third-order valence-electron chi connectivity index (χ3n) is 7.04. The number of hydrogen-bond acceptors (Lipinski definition) is 5. The summed E-state index contributed by atoms with van der Waals surface area (Å²) in [6.45, 7) is 8.45. The highest BCUT2D eigenvalue weighted by Crippen LogP contribution is 2.47. The van der Waals surface area contributed by atoms with Crippen molar-refractivity contribution in [1.29, 1.82) is 0 Å². The number of ketones is 1. The van der Waals surface area contributed by atoms with Crippen LogP contribution in [0.1, 0.15) is 45.1 Å². The fourth-order valence-corrected chi connectivity index (χ4v) is 5.53. The Morgan fingerprint density at radius 2 is 1.87 bits per heavy atom. The number of rotatable bonds is 4. The highest BCUT2D eigenvalue weighted by molar-refractivity contribution is 5.82. The number of benzene rings is 1. The normalized spacial score (nSPS) is 21.7. The molecule has 0 radical (unpaired) electrons. The molecule has 0 atom stereocenters. The van der Waals surface area contributed by atoms with Crippen LogP contribution in [0.3, 0.4) is 0 Å².